The van der Waals surface area contributed by atoms with Gasteiger partial charge in [0.2, 0.25) is 0 Å². The van der Waals surface area contributed by atoms with E-state index in [1.165, 1.54) is 116 Å². The summed E-state index contributed by atoms with van der Waals surface area (Å²) in [6.07, 6.45) is 12.7. The summed E-state index contributed by atoms with van der Waals surface area (Å²) in [4.78, 5) is 0. The number of fused-ring (bicyclic) bond motifs is 5. The van der Waals surface area contributed by atoms with Crippen molar-refractivity contribution in [2.45, 2.75) is 93.4 Å². The summed E-state index contributed by atoms with van der Waals surface area (Å²) in [5.41, 5.74) is 22.6. The van der Waals surface area contributed by atoms with Crippen LogP contribution in [-0.2, 0) is 41.5 Å². The van der Waals surface area contributed by atoms with Crippen LogP contribution in [0.3, 0.4) is 0 Å². The van der Waals surface area contributed by atoms with Crippen LogP contribution in [0, 0.1) is 31.9 Å². The monoisotopic (exact) mass is 716 g/mol. The van der Waals surface area contributed by atoms with Gasteiger partial charge in [-0.2, -0.15) is 11.6 Å². The maximum absolute atomic E-state index is 3.65. The second-order valence-electron chi connectivity index (χ2n) is 15.7. The minimum atomic E-state index is 0.0340. The SMILES string of the molecule is CC1=[C-]C(C)(C)c2cc3c(cc21)-c1cc2c(cc1C3)C(C)(C)C=C2C.CC1=[C-]C(C)C=C1C.Cc1ccc([C](=[Zr+2])c2ccc(C)cc2)cc1. The normalized spacial score (nSPS) is 18.3. The van der Waals surface area contributed by atoms with Crippen LogP contribution in [0.15, 0.2) is 96.1 Å². The first-order valence-corrected chi connectivity index (χ1v) is 19.0. The van der Waals surface area contributed by atoms with E-state index in [2.05, 4.69) is 173 Å². The molecule has 246 valence electrons. The van der Waals surface area contributed by atoms with Gasteiger partial charge < -0.3 is 0 Å². The third-order valence-corrected chi connectivity index (χ3v) is 12.1. The Labute approximate surface area is 311 Å². The molecular formula is C48H50Zr. The van der Waals surface area contributed by atoms with E-state index in [1.54, 1.807) is 0 Å². The predicted molar refractivity (Wildman–Crippen MR) is 208 cm³/mol. The van der Waals surface area contributed by atoms with Crippen LogP contribution in [0.1, 0.15) is 118 Å². The number of rotatable bonds is 2. The molecule has 0 N–H and O–H groups in total. The molecule has 1 unspecified atom stereocenters. The fraction of sp³-hybridized carbons (Fsp3) is 0.312. The molecule has 0 nitrogen and oxygen atoms in total. The first-order valence-electron chi connectivity index (χ1n) is 17.7. The molecule has 4 aromatic rings. The van der Waals surface area contributed by atoms with Gasteiger partial charge in [0.25, 0.3) is 0 Å². The Balaban J connectivity index is 0.000000148. The van der Waals surface area contributed by atoms with Gasteiger partial charge in [-0.15, -0.1) is 18.6 Å². The topological polar surface area (TPSA) is 0 Å². The van der Waals surface area contributed by atoms with Gasteiger partial charge in [0, 0.05) is 5.41 Å². The van der Waals surface area contributed by atoms with Crippen molar-refractivity contribution in [3.8, 4) is 11.1 Å². The van der Waals surface area contributed by atoms with E-state index < -0.39 is 0 Å². The predicted octanol–water partition coefficient (Wildman–Crippen LogP) is 12.2. The number of allylic oxidation sites excluding steroid dienone is 8. The summed E-state index contributed by atoms with van der Waals surface area (Å²) in [7, 11) is 0. The summed E-state index contributed by atoms with van der Waals surface area (Å²) in [5, 5.41) is 0. The van der Waals surface area contributed by atoms with Crippen molar-refractivity contribution < 1.29 is 24.2 Å². The van der Waals surface area contributed by atoms with Crippen LogP contribution in [0.5, 0.6) is 0 Å². The van der Waals surface area contributed by atoms with E-state index >= 15 is 0 Å². The van der Waals surface area contributed by atoms with Crippen molar-refractivity contribution in [3.05, 3.63) is 164 Å². The molecule has 0 fully saturated rings. The standard InChI is InChI=1S/C25H25.C15H14.C8H11.Zr/c1-14-12-24(3,4)22-8-16-7-17-9-23-19(15(2)13-25(23,5)6)11-21(17)20(16)10-18(14)22;1-12-3-7-14(8-4-12)11-15-9-5-13(2)6-10-15;1-6-4-7(2)8(3)5-6;/h8-12H,7H2,1-6H3;3-10H,1-2H3;4,6H,1-3H3;/q-1;;-1;+2. The summed E-state index contributed by atoms with van der Waals surface area (Å²) in [6.45, 7) is 24.3. The van der Waals surface area contributed by atoms with Gasteiger partial charge in [0.15, 0.2) is 0 Å². The molecule has 0 spiro atoms. The van der Waals surface area contributed by atoms with Gasteiger partial charge in [0.1, 0.15) is 0 Å². The molecule has 1 heteroatoms. The zero-order valence-corrected chi connectivity index (χ0v) is 33.8. The number of hydrogen-bond acceptors (Lipinski definition) is 0. The molecular weight excluding hydrogens is 668 g/mol. The molecule has 0 heterocycles. The van der Waals surface area contributed by atoms with Gasteiger partial charge in [-0.1, -0.05) is 78.0 Å². The van der Waals surface area contributed by atoms with Gasteiger partial charge in [-0.3, -0.25) is 12.2 Å². The molecule has 0 bridgehead atoms. The Morgan fingerprint density at radius 2 is 1.14 bits per heavy atom. The zero-order chi connectivity index (χ0) is 35.4. The number of hydrogen-bond donors (Lipinski definition) is 0. The maximum atomic E-state index is 3.65. The molecule has 49 heavy (non-hydrogen) atoms. The third-order valence-electron chi connectivity index (χ3n) is 10.6. The Bertz CT molecular complexity index is 1940. The molecule has 4 aliphatic rings. The van der Waals surface area contributed by atoms with E-state index in [-0.39, 0.29) is 10.8 Å². The van der Waals surface area contributed by atoms with Crippen LogP contribution < -0.4 is 0 Å². The molecule has 0 saturated heterocycles. The average molecular weight is 718 g/mol. The van der Waals surface area contributed by atoms with Gasteiger partial charge >= 0.3 is 112 Å². The molecule has 0 aromatic heterocycles. The van der Waals surface area contributed by atoms with E-state index in [4.69, 9.17) is 0 Å². The molecule has 4 aliphatic carbocycles. The minimum absolute atomic E-state index is 0.0340. The summed E-state index contributed by atoms with van der Waals surface area (Å²) >= 11 is 1.46. The van der Waals surface area contributed by atoms with E-state index in [9.17, 15) is 0 Å². The molecule has 4 aromatic carbocycles. The van der Waals surface area contributed by atoms with E-state index in [1.807, 2.05) is 0 Å². The van der Waals surface area contributed by atoms with E-state index in [0.29, 0.717) is 5.92 Å². The Morgan fingerprint density at radius 1 is 0.633 bits per heavy atom. The molecule has 0 saturated carbocycles. The number of aryl methyl sites for hydroxylation is 2. The fourth-order valence-corrected chi connectivity index (χ4v) is 8.70. The fourth-order valence-electron chi connectivity index (χ4n) is 7.88. The first-order chi connectivity index (χ1) is 23.0. The molecule has 8 rings (SSSR count). The third kappa shape index (κ3) is 7.12. The molecule has 1 atom stereocenters. The molecule has 0 radical (unpaired) electrons. The Kier molecular flexibility index (Phi) is 9.67. The van der Waals surface area contributed by atoms with Crippen molar-refractivity contribution in [2.24, 2.45) is 5.92 Å². The molecule has 0 aliphatic heterocycles. The van der Waals surface area contributed by atoms with Crippen LogP contribution in [0.2, 0.25) is 0 Å². The van der Waals surface area contributed by atoms with Crippen LogP contribution in [0.4, 0.5) is 0 Å². The van der Waals surface area contributed by atoms with Gasteiger partial charge in [0.05, 0.1) is 0 Å². The van der Waals surface area contributed by atoms with Crippen molar-refractivity contribution in [1.29, 1.82) is 0 Å². The van der Waals surface area contributed by atoms with E-state index in [0.717, 1.165) is 6.42 Å². The average Bonchev–Trinajstić information content (AvgIpc) is 3.69. The second-order valence-corrected chi connectivity index (χ2v) is 17.0. The van der Waals surface area contributed by atoms with Crippen LogP contribution >= 0.6 is 0 Å². The van der Waals surface area contributed by atoms with Crippen molar-refractivity contribution in [2.75, 3.05) is 0 Å². The molecule has 0 amide bonds. The zero-order valence-electron chi connectivity index (χ0n) is 31.4. The quantitative estimate of drug-likeness (QED) is 0.160. The van der Waals surface area contributed by atoms with Gasteiger partial charge in [-0.05, 0) is 58.4 Å². The van der Waals surface area contributed by atoms with Crippen molar-refractivity contribution in [1.82, 2.24) is 0 Å². The van der Waals surface area contributed by atoms with Crippen molar-refractivity contribution >= 4 is 14.4 Å². The summed E-state index contributed by atoms with van der Waals surface area (Å²) in [5.74, 6) is 0.551. The Morgan fingerprint density at radius 3 is 1.61 bits per heavy atom. The van der Waals surface area contributed by atoms with Gasteiger partial charge in [-0.25, -0.2) is 16.7 Å². The summed E-state index contributed by atoms with van der Waals surface area (Å²) in [6, 6.07) is 27.3. The summed E-state index contributed by atoms with van der Waals surface area (Å²) < 4.78 is 1.42. The van der Waals surface area contributed by atoms with Crippen LogP contribution in [-0.4, -0.2) is 3.21 Å². The van der Waals surface area contributed by atoms with Crippen LogP contribution in [0.25, 0.3) is 22.3 Å². The van der Waals surface area contributed by atoms with Crippen molar-refractivity contribution in [3.63, 3.8) is 0 Å². The second kappa shape index (κ2) is 13.4. The Hall–Kier alpha value is -3.41. The first kappa shape index (κ1) is 35.4. The number of benzene rings is 4.